The summed E-state index contributed by atoms with van der Waals surface area (Å²) in [6, 6.07) is 3.25. The summed E-state index contributed by atoms with van der Waals surface area (Å²) in [5.41, 5.74) is -0.905. The molecule has 0 aromatic carbocycles. The summed E-state index contributed by atoms with van der Waals surface area (Å²) in [6.45, 7) is 5.55. The second kappa shape index (κ2) is 9.59. The zero-order valence-corrected chi connectivity index (χ0v) is 21.9. The van der Waals surface area contributed by atoms with E-state index in [0.29, 0.717) is 37.0 Å². The standard InChI is InChI=1S/C27H32N2O9/c1-5-27-8-6-16-24(32)36-19(15-7-9-35-13-15)12-26(16,3)22(27)21(30)18(11-17(27)23(31)34-4)37-25(33)28-20-10-14(2)38-29-20/h7,9-10,13,16-19,22H,5-6,8,11-12H2,1-4H3,(H,28,29,33)/t16-,17-,18-,19-,22+,26-,27-/m0/s1. The first kappa shape index (κ1) is 26.0. The van der Waals surface area contributed by atoms with Gasteiger partial charge in [-0.25, -0.2) is 4.79 Å². The van der Waals surface area contributed by atoms with Gasteiger partial charge in [0.1, 0.15) is 11.9 Å². The lowest BCUT2D eigenvalue weighted by Crippen LogP contribution is -2.65. The third-order valence-corrected chi connectivity index (χ3v) is 9.01. The van der Waals surface area contributed by atoms with Crippen molar-refractivity contribution in [3.8, 4) is 0 Å². The molecule has 3 fully saturated rings. The van der Waals surface area contributed by atoms with Crippen molar-refractivity contribution in [2.75, 3.05) is 12.4 Å². The Morgan fingerprint density at radius 1 is 1.29 bits per heavy atom. The minimum Gasteiger partial charge on any atom is -0.472 e. The number of aromatic nitrogens is 1. The van der Waals surface area contributed by atoms with Crippen LogP contribution in [0.3, 0.4) is 0 Å². The molecule has 7 atom stereocenters. The third-order valence-electron chi connectivity index (χ3n) is 9.01. The van der Waals surface area contributed by atoms with Gasteiger partial charge in [-0.1, -0.05) is 19.0 Å². The number of hydrogen-bond donors (Lipinski definition) is 1. The Labute approximate surface area is 219 Å². The molecular formula is C27H32N2O9. The van der Waals surface area contributed by atoms with Gasteiger partial charge in [-0.15, -0.1) is 0 Å². The molecule has 0 radical (unpaired) electrons. The van der Waals surface area contributed by atoms with Gasteiger partial charge in [0.25, 0.3) is 0 Å². The first-order valence-corrected chi connectivity index (χ1v) is 12.9. The van der Waals surface area contributed by atoms with Gasteiger partial charge in [-0.05, 0) is 49.5 Å². The van der Waals surface area contributed by atoms with Crippen LogP contribution in [0.2, 0.25) is 0 Å². The summed E-state index contributed by atoms with van der Waals surface area (Å²) in [6.07, 6.45) is 2.18. The lowest BCUT2D eigenvalue weighted by Gasteiger charge is -2.62. The fourth-order valence-corrected chi connectivity index (χ4v) is 7.33. The molecule has 11 nitrogen and oxygen atoms in total. The van der Waals surface area contributed by atoms with E-state index in [1.807, 2.05) is 13.8 Å². The number of esters is 2. The Hall–Kier alpha value is -3.63. The van der Waals surface area contributed by atoms with E-state index < -0.39 is 52.9 Å². The molecule has 0 bridgehead atoms. The Bertz CT molecular complexity index is 1240. The minimum atomic E-state index is -1.21. The second-order valence-electron chi connectivity index (χ2n) is 10.9. The number of anilines is 1. The number of hydrogen-bond acceptors (Lipinski definition) is 10. The summed E-state index contributed by atoms with van der Waals surface area (Å²) in [5, 5.41) is 6.18. The predicted molar refractivity (Wildman–Crippen MR) is 129 cm³/mol. The molecule has 11 heteroatoms. The molecule has 0 unspecified atom stereocenters. The van der Waals surface area contributed by atoms with Crippen molar-refractivity contribution in [2.24, 2.45) is 28.6 Å². The third kappa shape index (κ3) is 4.08. The van der Waals surface area contributed by atoms with E-state index in [1.165, 1.54) is 25.7 Å². The van der Waals surface area contributed by atoms with Gasteiger partial charge in [0.2, 0.25) is 0 Å². The first-order chi connectivity index (χ1) is 18.1. The topological polar surface area (TPSA) is 147 Å². The summed E-state index contributed by atoms with van der Waals surface area (Å²) >= 11 is 0. The molecule has 2 aromatic rings. The molecule has 3 heterocycles. The smallest absolute Gasteiger partial charge is 0.413 e. The van der Waals surface area contributed by atoms with E-state index in [1.54, 1.807) is 13.0 Å². The van der Waals surface area contributed by atoms with Crippen LogP contribution in [-0.2, 0) is 28.6 Å². The van der Waals surface area contributed by atoms with Crippen LogP contribution < -0.4 is 5.32 Å². The Balaban J connectivity index is 1.52. The molecule has 2 aliphatic carbocycles. The number of aryl methyl sites for hydroxylation is 1. The molecule has 0 spiro atoms. The molecular weight excluding hydrogens is 496 g/mol. The molecule has 204 valence electrons. The highest BCUT2D eigenvalue weighted by molar-refractivity contribution is 5.94. The van der Waals surface area contributed by atoms with Gasteiger partial charge < -0.3 is 23.2 Å². The number of amides is 1. The van der Waals surface area contributed by atoms with Crippen molar-refractivity contribution >= 4 is 29.6 Å². The van der Waals surface area contributed by atoms with E-state index in [4.69, 9.17) is 23.2 Å². The van der Waals surface area contributed by atoms with Crippen molar-refractivity contribution in [3.63, 3.8) is 0 Å². The Morgan fingerprint density at radius 3 is 2.71 bits per heavy atom. The summed E-state index contributed by atoms with van der Waals surface area (Å²) < 4.78 is 26.8. The molecule has 3 aliphatic rings. The zero-order valence-electron chi connectivity index (χ0n) is 21.9. The van der Waals surface area contributed by atoms with Crippen LogP contribution in [0.15, 0.2) is 33.6 Å². The van der Waals surface area contributed by atoms with Crippen molar-refractivity contribution < 1.29 is 42.3 Å². The maximum absolute atomic E-state index is 14.3. The highest BCUT2D eigenvalue weighted by Crippen LogP contribution is 2.66. The maximum atomic E-state index is 14.3. The van der Waals surface area contributed by atoms with E-state index >= 15 is 0 Å². The normalized spacial score (nSPS) is 34.5. The molecule has 2 saturated carbocycles. The number of Topliss-reactive ketones (excluding diaryl/α,β-unsaturated/α-hetero) is 1. The average Bonchev–Trinajstić information content (AvgIpc) is 3.56. The fourth-order valence-electron chi connectivity index (χ4n) is 7.33. The number of nitrogens with zero attached hydrogens (tertiary/aromatic N) is 1. The van der Waals surface area contributed by atoms with E-state index in [2.05, 4.69) is 10.5 Å². The summed E-state index contributed by atoms with van der Waals surface area (Å²) in [5.74, 6) is -2.48. The van der Waals surface area contributed by atoms with Crippen molar-refractivity contribution in [1.29, 1.82) is 0 Å². The number of cyclic esters (lactones) is 1. The van der Waals surface area contributed by atoms with Gasteiger partial charge >= 0.3 is 18.0 Å². The first-order valence-electron chi connectivity index (χ1n) is 12.9. The number of methoxy groups -OCH3 is 1. The predicted octanol–water partition coefficient (Wildman–Crippen LogP) is 4.37. The molecule has 2 aromatic heterocycles. The SMILES string of the molecule is CC[C@@]12CC[C@H]3C(=O)O[C@H](c4ccoc4)C[C@]3(C)[C@H]1C(=O)[C@@H](OC(=O)Nc1cc(C)on1)C[C@H]2C(=O)OC. The molecule has 1 saturated heterocycles. The summed E-state index contributed by atoms with van der Waals surface area (Å²) in [4.78, 5) is 53.5. The van der Waals surface area contributed by atoms with E-state index in [9.17, 15) is 19.2 Å². The molecule has 1 amide bonds. The highest BCUT2D eigenvalue weighted by atomic mass is 16.6. The van der Waals surface area contributed by atoms with Crippen LogP contribution in [0, 0.1) is 35.5 Å². The van der Waals surface area contributed by atoms with Crippen molar-refractivity contribution in [3.05, 3.63) is 36.0 Å². The Kier molecular flexibility index (Phi) is 6.56. The van der Waals surface area contributed by atoms with Crippen molar-refractivity contribution in [2.45, 2.75) is 65.1 Å². The van der Waals surface area contributed by atoms with E-state index in [0.717, 1.165) is 0 Å². The second-order valence-corrected chi connectivity index (χ2v) is 10.9. The minimum absolute atomic E-state index is 0.00252. The number of rotatable bonds is 5. The fraction of sp³-hybridized carbons (Fsp3) is 0.593. The lowest BCUT2D eigenvalue weighted by molar-refractivity contribution is -0.210. The number of fused-ring (bicyclic) bond motifs is 3. The van der Waals surface area contributed by atoms with Gasteiger partial charge in [-0.2, -0.15) is 0 Å². The number of ether oxygens (including phenoxy) is 3. The Morgan fingerprint density at radius 2 is 2.08 bits per heavy atom. The van der Waals surface area contributed by atoms with E-state index in [-0.39, 0.29) is 24.0 Å². The van der Waals surface area contributed by atoms with Crippen LogP contribution in [0.5, 0.6) is 0 Å². The maximum Gasteiger partial charge on any atom is 0.413 e. The van der Waals surface area contributed by atoms with Crippen LogP contribution in [0.1, 0.15) is 63.4 Å². The van der Waals surface area contributed by atoms with Gasteiger partial charge in [-0.3, -0.25) is 19.7 Å². The zero-order chi connectivity index (χ0) is 27.2. The molecule has 1 N–H and O–H groups in total. The molecule has 38 heavy (non-hydrogen) atoms. The van der Waals surface area contributed by atoms with Gasteiger partial charge in [0.05, 0.1) is 31.5 Å². The number of nitrogens with one attached hydrogen (secondary N) is 1. The van der Waals surface area contributed by atoms with Crippen LogP contribution in [-0.4, -0.2) is 42.2 Å². The quantitative estimate of drug-likeness (QED) is 0.438. The number of ketones is 1. The lowest BCUT2D eigenvalue weighted by atomic mass is 9.42. The largest absolute Gasteiger partial charge is 0.472 e. The van der Waals surface area contributed by atoms with Crippen LogP contribution in [0.4, 0.5) is 10.6 Å². The van der Waals surface area contributed by atoms with Gasteiger partial charge in [0.15, 0.2) is 17.7 Å². The average molecular weight is 529 g/mol. The number of carbonyl (C=O) groups is 4. The number of furan rings is 1. The van der Waals surface area contributed by atoms with Crippen LogP contribution >= 0.6 is 0 Å². The van der Waals surface area contributed by atoms with Gasteiger partial charge in [0, 0.05) is 24.0 Å². The number of carbonyl (C=O) groups excluding carboxylic acids is 4. The van der Waals surface area contributed by atoms with Crippen LogP contribution in [0.25, 0.3) is 0 Å². The highest BCUT2D eigenvalue weighted by Gasteiger charge is 2.68. The monoisotopic (exact) mass is 528 g/mol. The summed E-state index contributed by atoms with van der Waals surface area (Å²) in [7, 11) is 1.31. The molecule has 5 rings (SSSR count). The molecule has 1 aliphatic heterocycles. The van der Waals surface area contributed by atoms with Crippen molar-refractivity contribution in [1.82, 2.24) is 5.16 Å².